The lowest BCUT2D eigenvalue weighted by molar-refractivity contribution is -0.172. The number of ether oxygens (including phenoxy) is 2. The fourth-order valence-electron chi connectivity index (χ4n) is 10.2. The number of halogens is 1. The summed E-state index contributed by atoms with van der Waals surface area (Å²) in [4.78, 5) is 110. The molecule has 1 aromatic carbocycles. The van der Waals surface area contributed by atoms with Gasteiger partial charge < -0.3 is 50.2 Å². The molecule has 0 aliphatic carbocycles. The lowest BCUT2D eigenvalue weighted by Crippen LogP contribution is -2.56. The Labute approximate surface area is 486 Å². The number of carbonyl (C=O) groups excluding carboxylic acids is 6. The summed E-state index contributed by atoms with van der Waals surface area (Å²) in [5.74, 6) is -4.12. The van der Waals surface area contributed by atoms with Gasteiger partial charge in [-0.25, -0.2) is 32.6 Å². The minimum Gasteiger partial charge on any atom is -0.458 e. The molecule has 2 aliphatic heterocycles. The first-order chi connectivity index (χ1) is 39.9. The molecular weight excluding hydrogens is 1110 g/mol. The number of aryl methyl sites for hydroxylation is 2. The summed E-state index contributed by atoms with van der Waals surface area (Å²) in [6.45, 7) is 9.14. The van der Waals surface area contributed by atoms with Crippen molar-refractivity contribution in [2.45, 2.75) is 141 Å². The molecule has 0 saturated carbocycles. The molecular formula is C57H76FN13O12S. The minimum atomic E-state index is -3.55. The number of amides is 5. The van der Waals surface area contributed by atoms with E-state index in [9.17, 15) is 47.1 Å². The number of aromatic nitrogens is 7. The Morgan fingerprint density at radius 3 is 2.37 bits per heavy atom. The third-order valence-corrected chi connectivity index (χ3v) is 15.8. The number of hydrogen-bond donors (Lipinski definition) is 5. The summed E-state index contributed by atoms with van der Waals surface area (Å²) in [7, 11) is 0.304. The molecule has 5 N–H and O–H groups in total. The van der Waals surface area contributed by atoms with E-state index in [4.69, 9.17) is 14.5 Å². The third kappa shape index (κ3) is 15.6. The van der Waals surface area contributed by atoms with Gasteiger partial charge in [0.05, 0.1) is 41.8 Å². The molecule has 3 atom stereocenters. The number of carbonyl (C=O) groups is 6. The summed E-state index contributed by atoms with van der Waals surface area (Å²) in [5, 5.41) is 30.7. The zero-order valence-corrected chi connectivity index (χ0v) is 49.7. The lowest BCUT2D eigenvalue weighted by Gasteiger charge is -2.31. The normalized spacial score (nSPS) is 15.3. The predicted molar refractivity (Wildman–Crippen MR) is 305 cm³/mol. The van der Waals surface area contributed by atoms with E-state index in [0.29, 0.717) is 89.9 Å². The van der Waals surface area contributed by atoms with Crippen molar-refractivity contribution in [3.05, 3.63) is 80.8 Å². The number of hydrogen-bond acceptors (Lipinski definition) is 18. The highest BCUT2D eigenvalue weighted by atomic mass is 32.2. The number of aliphatic hydroxyl groups is 1. The number of nitrogens with one attached hydrogen (secondary N) is 4. The quantitative estimate of drug-likeness (QED) is 0.0187. The zero-order chi connectivity index (χ0) is 61.0. The van der Waals surface area contributed by atoms with Crippen molar-refractivity contribution < 1.29 is 56.2 Å². The van der Waals surface area contributed by atoms with E-state index in [1.807, 2.05) is 25.9 Å². The highest BCUT2D eigenvalue weighted by Crippen LogP contribution is 2.41. The van der Waals surface area contributed by atoms with Gasteiger partial charge in [0.2, 0.25) is 44.5 Å². The van der Waals surface area contributed by atoms with E-state index < -0.39 is 75.7 Å². The molecule has 2 aliphatic rings. The van der Waals surface area contributed by atoms with Gasteiger partial charge in [0.15, 0.2) is 5.60 Å². The maximum Gasteiger partial charge on any atom is 0.343 e. The van der Waals surface area contributed by atoms with Gasteiger partial charge in [-0.1, -0.05) is 39.3 Å². The SMILES string of the molecule is CCCN(CCc1c2c(nc3cc(F)c(C)cc13)-c1cc3c(c(=O)n1C2)COC(=O)[C@]3(O)CC)C(=O)COCNC(=O)CNC(=O)[C@H](CCCCN(C)C)NC(=O)[C@@H](NC(=O)CCCCCn1cc(-c2cnc(S(C)(=O)=O)nc2)nn1)C(C)C. The van der Waals surface area contributed by atoms with E-state index in [1.165, 1.54) is 23.0 Å². The molecule has 5 amide bonds. The predicted octanol–water partition coefficient (Wildman–Crippen LogP) is 2.58. The van der Waals surface area contributed by atoms with Crippen molar-refractivity contribution in [3.63, 3.8) is 0 Å². The summed E-state index contributed by atoms with van der Waals surface area (Å²) in [6, 6.07) is 2.64. The van der Waals surface area contributed by atoms with Gasteiger partial charge in [0, 0.05) is 72.8 Å². The van der Waals surface area contributed by atoms with E-state index in [-0.39, 0.29) is 86.1 Å². The Morgan fingerprint density at radius 1 is 0.929 bits per heavy atom. The Bertz CT molecular complexity index is 3430. The molecule has 454 valence electrons. The second-order valence-corrected chi connectivity index (χ2v) is 23.8. The van der Waals surface area contributed by atoms with Gasteiger partial charge in [-0.15, -0.1) is 5.10 Å². The average molecular weight is 1190 g/mol. The second kappa shape index (κ2) is 28.3. The van der Waals surface area contributed by atoms with Gasteiger partial charge in [-0.2, -0.15) is 0 Å². The first-order valence-corrected chi connectivity index (χ1v) is 30.2. The monoisotopic (exact) mass is 1190 g/mol. The van der Waals surface area contributed by atoms with Gasteiger partial charge in [-0.05, 0) is 108 Å². The topological polar surface area (TPSA) is 321 Å². The van der Waals surface area contributed by atoms with Crippen LogP contribution in [0, 0.1) is 18.7 Å². The highest BCUT2D eigenvalue weighted by Gasteiger charge is 2.45. The van der Waals surface area contributed by atoms with Crippen LogP contribution in [-0.2, 0) is 79.8 Å². The maximum atomic E-state index is 15.1. The molecule has 84 heavy (non-hydrogen) atoms. The van der Waals surface area contributed by atoms with Crippen LogP contribution in [0.4, 0.5) is 4.39 Å². The summed E-state index contributed by atoms with van der Waals surface area (Å²) < 4.78 is 52.5. The Kier molecular flexibility index (Phi) is 21.5. The highest BCUT2D eigenvalue weighted by molar-refractivity contribution is 7.90. The minimum absolute atomic E-state index is 0.0327. The number of unbranched alkanes of at least 4 members (excludes halogenated alkanes) is 3. The van der Waals surface area contributed by atoms with Crippen LogP contribution in [0.3, 0.4) is 0 Å². The Balaban J connectivity index is 0.886. The van der Waals surface area contributed by atoms with E-state index in [1.54, 1.807) is 55.6 Å². The third-order valence-electron chi connectivity index (χ3n) is 14.9. The van der Waals surface area contributed by atoms with Crippen LogP contribution in [-0.4, -0.2) is 165 Å². The largest absolute Gasteiger partial charge is 0.458 e. The zero-order valence-electron chi connectivity index (χ0n) is 48.9. The van der Waals surface area contributed by atoms with Gasteiger partial charge in [0.25, 0.3) is 5.56 Å². The van der Waals surface area contributed by atoms with Crippen molar-refractivity contribution in [3.8, 4) is 22.6 Å². The number of benzene rings is 1. The number of fused-ring (bicyclic) bond motifs is 5. The molecule has 6 heterocycles. The number of cyclic esters (lactones) is 1. The van der Waals surface area contributed by atoms with Gasteiger partial charge in [0.1, 0.15) is 43.5 Å². The van der Waals surface area contributed by atoms with Crippen molar-refractivity contribution in [2.75, 3.05) is 59.9 Å². The fraction of sp³-hybridized carbons (Fsp3) is 0.544. The van der Waals surface area contributed by atoms with Crippen LogP contribution in [0.15, 0.2) is 46.7 Å². The number of nitrogens with zero attached hydrogens (tertiary/aromatic N) is 9. The molecule has 27 heteroatoms. The van der Waals surface area contributed by atoms with Crippen LogP contribution in [0.25, 0.3) is 33.5 Å². The van der Waals surface area contributed by atoms with Gasteiger partial charge in [-0.3, -0.25) is 33.4 Å². The van der Waals surface area contributed by atoms with Crippen molar-refractivity contribution in [2.24, 2.45) is 5.92 Å². The average Bonchev–Trinajstić information content (AvgIpc) is 3.07. The molecule has 25 nitrogen and oxygen atoms in total. The lowest BCUT2D eigenvalue weighted by atomic mass is 9.86. The maximum absolute atomic E-state index is 15.1. The Morgan fingerprint density at radius 2 is 1.68 bits per heavy atom. The molecule has 0 radical (unpaired) electrons. The van der Waals surface area contributed by atoms with Crippen molar-refractivity contribution in [1.29, 1.82) is 0 Å². The molecule has 0 spiro atoms. The Hall–Kier alpha value is -7.62. The van der Waals surface area contributed by atoms with Crippen LogP contribution in [0.5, 0.6) is 0 Å². The van der Waals surface area contributed by atoms with Crippen LogP contribution in [0.2, 0.25) is 0 Å². The van der Waals surface area contributed by atoms with Crippen LogP contribution in [0.1, 0.15) is 113 Å². The second-order valence-electron chi connectivity index (χ2n) is 21.9. The summed E-state index contributed by atoms with van der Waals surface area (Å²) in [6.07, 6.45) is 9.88. The molecule has 5 aromatic rings. The molecule has 0 saturated heterocycles. The molecule has 0 fully saturated rings. The van der Waals surface area contributed by atoms with Gasteiger partial charge >= 0.3 is 5.97 Å². The van der Waals surface area contributed by atoms with Crippen molar-refractivity contribution in [1.82, 2.24) is 65.6 Å². The molecule has 4 aromatic heterocycles. The van der Waals surface area contributed by atoms with Crippen molar-refractivity contribution >= 4 is 56.2 Å². The number of esters is 1. The first kappa shape index (κ1) is 64.0. The number of pyridine rings is 2. The standard InChI is InChI=1S/C57H76FN13O12S/c1-9-19-69(22-18-37-38-23-35(5)42(58)25-44(38)63-51-39(37)29-71-46(51)24-41-40(54(71)77)31-83-55(78)57(41,79)10-2)49(74)32-82-33-62-48(73)28-59-52(75)43(16-13-15-20-68(6)7)64-53(76)50(34(3)4)65-47(72)17-12-11-14-21-70-30-45(66-67-70)36-26-60-56(61-27-36)84(8,80)81/h23-27,30,34,43,50,79H,9-22,28-29,31-33H2,1-8H3,(H,59,75)(H,62,73)(H,64,76)(H,65,72)/t43-,50-,57-/m0/s1. The van der Waals surface area contributed by atoms with Crippen LogP contribution < -0.4 is 26.8 Å². The smallest absolute Gasteiger partial charge is 0.343 e. The van der Waals surface area contributed by atoms with E-state index in [2.05, 4.69) is 41.5 Å². The first-order valence-electron chi connectivity index (χ1n) is 28.3. The summed E-state index contributed by atoms with van der Waals surface area (Å²) in [5.41, 5.74) is 1.74. The molecule has 0 unspecified atom stereocenters. The molecule has 7 rings (SSSR count). The fourth-order valence-corrected chi connectivity index (χ4v) is 10.7. The van der Waals surface area contributed by atoms with E-state index >= 15 is 4.39 Å². The van der Waals surface area contributed by atoms with E-state index in [0.717, 1.165) is 24.8 Å². The number of sulfone groups is 1. The summed E-state index contributed by atoms with van der Waals surface area (Å²) >= 11 is 0. The number of rotatable bonds is 30. The van der Waals surface area contributed by atoms with Crippen LogP contribution >= 0.6 is 0 Å². The molecule has 0 bridgehead atoms.